The standard InChI is InChI=1S/C24H29N5O3/c1-3-15(2)9-21(30)28-19-8-7-17-5-4-6-18-10-20(29(22(17)18)24(19)32)23(31)27-13-16-11-25-14-26-12-16/h4-6,11-12,14-15,19-20H,3,7-10,13H2,1-2H3,(H,27,31)(H,28,30). The zero-order chi connectivity index (χ0) is 22.7. The SMILES string of the molecule is CCC(C)CC(=O)NC1CCc2cccc3c2N(C1=O)C(C(=O)NCc1cncnc1)C3. The molecular weight excluding hydrogens is 406 g/mol. The molecule has 2 aliphatic rings. The number of carbonyl (C=O) groups excluding carboxylic acids is 3. The summed E-state index contributed by atoms with van der Waals surface area (Å²) in [5.41, 5.74) is 3.65. The summed E-state index contributed by atoms with van der Waals surface area (Å²) in [6.07, 6.45) is 7.68. The van der Waals surface area contributed by atoms with E-state index in [0.29, 0.717) is 25.7 Å². The number of aryl methyl sites for hydroxylation is 1. The molecule has 2 N–H and O–H groups in total. The molecule has 168 valence electrons. The molecule has 0 saturated heterocycles. The number of nitrogens with zero attached hydrogens (tertiary/aromatic N) is 3. The third-order valence-corrected chi connectivity index (χ3v) is 6.36. The number of hydrogen-bond donors (Lipinski definition) is 2. The summed E-state index contributed by atoms with van der Waals surface area (Å²) in [6.45, 7) is 4.35. The number of anilines is 1. The molecular formula is C24H29N5O3. The second-order valence-electron chi connectivity index (χ2n) is 8.69. The van der Waals surface area contributed by atoms with E-state index in [1.807, 2.05) is 32.0 Å². The van der Waals surface area contributed by atoms with Crippen molar-refractivity contribution in [2.45, 2.75) is 64.6 Å². The fourth-order valence-corrected chi connectivity index (χ4v) is 4.42. The quantitative estimate of drug-likeness (QED) is 0.691. The predicted octanol–water partition coefficient (Wildman–Crippen LogP) is 1.92. The largest absolute Gasteiger partial charge is 0.350 e. The predicted molar refractivity (Wildman–Crippen MR) is 120 cm³/mol. The molecule has 3 atom stereocenters. The van der Waals surface area contributed by atoms with Gasteiger partial charge in [0.2, 0.25) is 17.7 Å². The Balaban J connectivity index is 1.54. The number of rotatable bonds is 7. The minimum absolute atomic E-state index is 0.117. The van der Waals surface area contributed by atoms with Gasteiger partial charge in [0.15, 0.2) is 0 Å². The Morgan fingerprint density at radius 3 is 2.72 bits per heavy atom. The van der Waals surface area contributed by atoms with E-state index in [9.17, 15) is 14.4 Å². The minimum Gasteiger partial charge on any atom is -0.350 e. The Hall–Kier alpha value is -3.29. The lowest BCUT2D eigenvalue weighted by Gasteiger charge is -2.28. The maximum Gasteiger partial charge on any atom is 0.250 e. The molecule has 0 saturated carbocycles. The van der Waals surface area contributed by atoms with Crippen molar-refractivity contribution in [2.75, 3.05) is 4.90 Å². The molecule has 3 amide bonds. The third kappa shape index (κ3) is 4.49. The number of carbonyl (C=O) groups is 3. The molecule has 8 heteroatoms. The van der Waals surface area contributed by atoms with Crippen molar-refractivity contribution in [2.24, 2.45) is 5.92 Å². The van der Waals surface area contributed by atoms with Gasteiger partial charge in [0, 0.05) is 37.3 Å². The van der Waals surface area contributed by atoms with Gasteiger partial charge in [-0.2, -0.15) is 0 Å². The highest BCUT2D eigenvalue weighted by molar-refractivity contribution is 6.07. The molecule has 4 rings (SSSR count). The average molecular weight is 436 g/mol. The van der Waals surface area contributed by atoms with Crippen LogP contribution in [-0.4, -0.2) is 39.8 Å². The van der Waals surface area contributed by atoms with Gasteiger partial charge in [0.05, 0.1) is 5.69 Å². The molecule has 3 unspecified atom stereocenters. The zero-order valence-corrected chi connectivity index (χ0v) is 18.5. The van der Waals surface area contributed by atoms with Crippen molar-refractivity contribution in [1.82, 2.24) is 20.6 Å². The van der Waals surface area contributed by atoms with Crippen LogP contribution in [0.25, 0.3) is 0 Å². The van der Waals surface area contributed by atoms with E-state index in [1.165, 1.54) is 6.33 Å². The molecule has 1 aromatic heterocycles. The smallest absolute Gasteiger partial charge is 0.250 e. The first kappa shape index (κ1) is 21.9. The number of hydrogen-bond acceptors (Lipinski definition) is 5. The first-order chi connectivity index (χ1) is 15.5. The van der Waals surface area contributed by atoms with Gasteiger partial charge in [-0.05, 0) is 29.9 Å². The minimum atomic E-state index is -0.643. The summed E-state index contributed by atoms with van der Waals surface area (Å²) in [4.78, 5) is 48.8. The van der Waals surface area contributed by atoms with Crippen LogP contribution in [-0.2, 0) is 33.8 Å². The molecule has 32 heavy (non-hydrogen) atoms. The number of para-hydroxylation sites is 1. The van der Waals surface area contributed by atoms with Gasteiger partial charge in [0.25, 0.3) is 0 Å². The fourth-order valence-electron chi connectivity index (χ4n) is 4.42. The van der Waals surface area contributed by atoms with E-state index in [4.69, 9.17) is 0 Å². The molecule has 1 aromatic carbocycles. The highest BCUT2D eigenvalue weighted by atomic mass is 16.2. The second kappa shape index (κ2) is 9.46. The Labute approximate surface area is 187 Å². The topological polar surface area (TPSA) is 104 Å². The summed E-state index contributed by atoms with van der Waals surface area (Å²) >= 11 is 0. The van der Waals surface area contributed by atoms with Gasteiger partial charge in [0.1, 0.15) is 18.4 Å². The van der Waals surface area contributed by atoms with Gasteiger partial charge in [-0.1, -0.05) is 38.5 Å². The van der Waals surface area contributed by atoms with Crippen molar-refractivity contribution in [3.63, 3.8) is 0 Å². The molecule has 0 aliphatic carbocycles. The van der Waals surface area contributed by atoms with E-state index >= 15 is 0 Å². The van der Waals surface area contributed by atoms with E-state index in [1.54, 1.807) is 17.3 Å². The van der Waals surface area contributed by atoms with Gasteiger partial charge >= 0.3 is 0 Å². The van der Waals surface area contributed by atoms with Crippen LogP contribution in [0.5, 0.6) is 0 Å². The van der Waals surface area contributed by atoms with Crippen molar-refractivity contribution < 1.29 is 14.4 Å². The molecule has 0 radical (unpaired) electrons. The zero-order valence-electron chi connectivity index (χ0n) is 18.5. The lowest BCUT2D eigenvalue weighted by atomic mass is 10.0. The fraction of sp³-hybridized carbons (Fsp3) is 0.458. The molecule has 3 heterocycles. The van der Waals surface area contributed by atoms with E-state index in [0.717, 1.165) is 28.8 Å². The van der Waals surface area contributed by atoms with Gasteiger partial charge in [-0.3, -0.25) is 19.3 Å². The van der Waals surface area contributed by atoms with Crippen LogP contribution in [0.3, 0.4) is 0 Å². The molecule has 0 fully saturated rings. The molecule has 0 spiro atoms. The lowest BCUT2D eigenvalue weighted by molar-refractivity contribution is -0.129. The van der Waals surface area contributed by atoms with Gasteiger partial charge < -0.3 is 10.6 Å². The Bertz CT molecular complexity index is 1010. The van der Waals surface area contributed by atoms with E-state index in [-0.39, 0.29) is 30.2 Å². The Morgan fingerprint density at radius 2 is 1.97 bits per heavy atom. The maximum absolute atomic E-state index is 13.6. The Kier molecular flexibility index (Phi) is 6.48. The third-order valence-electron chi connectivity index (χ3n) is 6.36. The number of aromatic nitrogens is 2. The molecule has 8 nitrogen and oxygen atoms in total. The summed E-state index contributed by atoms with van der Waals surface area (Å²) in [5, 5.41) is 5.85. The van der Waals surface area contributed by atoms with Crippen LogP contribution < -0.4 is 15.5 Å². The number of amides is 3. The normalized spacial score (nSPS) is 20.3. The second-order valence-corrected chi connectivity index (χ2v) is 8.69. The summed E-state index contributed by atoms with van der Waals surface area (Å²) in [7, 11) is 0. The molecule has 0 bridgehead atoms. The van der Waals surface area contributed by atoms with Crippen molar-refractivity contribution in [3.05, 3.63) is 53.6 Å². The summed E-state index contributed by atoms with van der Waals surface area (Å²) in [5.74, 6) is -0.301. The van der Waals surface area contributed by atoms with Crippen LogP contribution >= 0.6 is 0 Å². The van der Waals surface area contributed by atoms with Crippen LogP contribution in [0.2, 0.25) is 0 Å². The van der Waals surface area contributed by atoms with Crippen LogP contribution in [0.15, 0.2) is 36.9 Å². The highest BCUT2D eigenvalue weighted by Crippen LogP contribution is 2.39. The molecule has 2 aromatic rings. The first-order valence-corrected chi connectivity index (χ1v) is 11.2. The monoisotopic (exact) mass is 435 g/mol. The van der Waals surface area contributed by atoms with Crippen molar-refractivity contribution >= 4 is 23.4 Å². The summed E-state index contributed by atoms with van der Waals surface area (Å²) < 4.78 is 0. The van der Waals surface area contributed by atoms with Crippen molar-refractivity contribution in [3.8, 4) is 0 Å². The van der Waals surface area contributed by atoms with Crippen LogP contribution in [0, 0.1) is 5.92 Å². The van der Waals surface area contributed by atoms with E-state index in [2.05, 4.69) is 20.6 Å². The average Bonchev–Trinajstić information content (AvgIpc) is 3.14. The van der Waals surface area contributed by atoms with E-state index < -0.39 is 12.1 Å². The Morgan fingerprint density at radius 1 is 1.22 bits per heavy atom. The highest BCUT2D eigenvalue weighted by Gasteiger charge is 2.43. The van der Waals surface area contributed by atoms with Gasteiger partial charge in [-0.15, -0.1) is 0 Å². The van der Waals surface area contributed by atoms with Crippen LogP contribution in [0.1, 0.15) is 49.8 Å². The molecule has 2 aliphatic heterocycles. The van der Waals surface area contributed by atoms with Crippen LogP contribution in [0.4, 0.5) is 5.69 Å². The first-order valence-electron chi connectivity index (χ1n) is 11.2. The van der Waals surface area contributed by atoms with Gasteiger partial charge in [-0.25, -0.2) is 9.97 Å². The number of nitrogens with one attached hydrogen (secondary N) is 2. The van der Waals surface area contributed by atoms with Crippen molar-refractivity contribution in [1.29, 1.82) is 0 Å². The lowest BCUT2D eigenvalue weighted by Crippen LogP contribution is -2.54. The summed E-state index contributed by atoms with van der Waals surface area (Å²) in [6, 6.07) is 4.67. The maximum atomic E-state index is 13.6. The number of benzene rings is 1.